The fourth-order valence-corrected chi connectivity index (χ4v) is 2.86. The Kier molecular flexibility index (Phi) is 3.99. The van der Waals surface area contributed by atoms with Crippen LogP contribution in [0.15, 0.2) is 30.3 Å². The minimum atomic E-state index is -0.113. The summed E-state index contributed by atoms with van der Waals surface area (Å²) in [5.41, 5.74) is 1.36. The normalized spacial score (nSPS) is 27.9. The standard InChI is InChI=1S/C12H16INO/c13-11-9-14(7-6-12(11)15)8-10-4-2-1-3-5-10/h1-5,11-12,15H,6-9H2/t11-,12-/m0/s1. The zero-order chi connectivity index (χ0) is 10.7. The molecule has 1 heterocycles. The largest absolute Gasteiger partial charge is 0.392 e. The lowest BCUT2D eigenvalue weighted by Gasteiger charge is -2.33. The van der Waals surface area contributed by atoms with Crippen LogP contribution in [0.4, 0.5) is 0 Å². The lowest BCUT2D eigenvalue weighted by molar-refractivity contribution is 0.0908. The summed E-state index contributed by atoms with van der Waals surface area (Å²) >= 11 is 2.35. The zero-order valence-electron chi connectivity index (χ0n) is 8.64. The molecule has 1 aromatic carbocycles. The van der Waals surface area contributed by atoms with Gasteiger partial charge in [-0.25, -0.2) is 0 Å². The summed E-state index contributed by atoms with van der Waals surface area (Å²) in [6, 6.07) is 10.5. The highest BCUT2D eigenvalue weighted by Crippen LogP contribution is 2.19. The Labute approximate surface area is 104 Å². The van der Waals surface area contributed by atoms with Crippen molar-refractivity contribution in [2.75, 3.05) is 13.1 Å². The molecule has 0 unspecified atom stereocenters. The van der Waals surface area contributed by atoms with Gasteiger partial charge in [0, 0.05) is 23.6 Å². The van der Waals surface area contributed by atoms with Gasteiger partial charge in [0.1, 0.15) is 0 Å². The maximum absolute atomic E-state index is 9.63. The molecule has 2 rings (SSSR count). The van der Waals surface area contributed by atoms with Crippen LogP contribution in [0.25, 0.3) is 0 Å². The molecule has 2 atom stereocenters. The summed E-state index contributed by atoms with van der Waals surface area (Å²) in [5, 5.41) is 9.63. The molecule has 0 aliphatic carbocycles. The Bertz CT molecular complexity index is 304. The molecule has 1 aromatic rings. The Morgan fingerprint density at radius 3 is 2.73 bits per heavy atom. The summed E-state index contributed by atoms with van der Waals surface area (Å²) < 4.78 is 0.375. The van der Waals surface area contributed by atoms with E-state index in [-0.39, 0.29) is 6.10 Å². The molecule has 1 saturated heterocycles. The predicted molar refractivity (Wildman–Crippen MR) is 70.2 cm³/mol. The number of nitrogens with zero attached hydrogens (tertiary/aromatic N) is 1. The Balaban J connectivity index is 1.91. The van der Waals surface area contributed by atoms with Gasteiger partial charge >= 0.3 is 0 Å². The Morgan fingerprint density at radius 1 is 1.33 bits per heavy atom. The third-order valence-electron chi connectivity index (χ3n) is 2.84. The van der Waals surface area contributed by atoms with E-state index in [1.165, 1.54) is 5.56 Å². The number of hydrogen-bond acceptors (Lipinski definition) is 2. The van der Waals surface area contributed by atoms with Crippen LogP contribution in [-0.2, 0) is 6.54 Å². The first-order valence-electron chi connectivity index (χ1n) is 5.34. The van der Waals surface area contributed by atoms with Crippen molar-refractivity contribution in [3.05, 3.63) is 35.9 Å². The number of likely N-dealkylation sites (tertiary alicyclic amines) is 1. The molecule has 0 spiro atoms. The summed E-state index contributed by atoms with van der Waals surface area (Å²) in [6.45, 7) is 3.01. The van der Waals surface area contributed by atoms with Crippen LogP contribution in [0.5, 0.6) is 0 Å². The molecule has 15 heavy (non-hydrogen) atoms. The van der Waals surface area contributed by atoms with Crippen molar-refractivity contribution in [3.8, 4) is 0 Å². The van der Waals surface area contributed by atoms with Gasteiger partial charge in [0.05, 0.1) is 6.10 Å². The maximum atomic E-state index is 9.63. The van der Waals surface area contributed by atoms with Crippen LogP contribution in [-0.4, -0.2) is 33.1 Å². The summed E-state index contributed by atoms with van der Waals surface area (Å²) in [5.74, 6) is 0. The molecule has 1 aliphatic heterocycles. The molecular weight excluding hydrogens is 301 g/mol. The molecule has 0 bridgehead atoms. The van der Waals surface area contributed by atoms with Gasteiger partial charge in [-0.3, -0.25) is 4.90 Å². The number of alkyl halides is 1. The lowest BCUT2D eigenvalue weighted by atomic mass is 10.1. The highest BCUT2D eigenvalue weighted by Gasteiger charge is 2.25. The first-order valence-corrected chi connectivity index (χ1v) is 6.58. The van der Waals surface area contributed by atoms with Gasteiger partial charge in [-0.05, 0) is 12.0 Å². The molecule has 0 radical (unpaired) electrons. The molecule has 82 valence electrons. The monoisotopic (exact) mass is 317 g/mol. The van der Waals surface area contributed by atoms with E-state index >= 15 is 0 Å². The number of rotatable bonds is 2. The predicted octanol–water partition coefficient (Wildman–Crippen LogP) is 2.06. The Hall–Kier alpha value is -0.130. The summed E-state index contributed by atoms with van der Waals surface area (Å²) in [6.07, 6.45) is 0.790. The number of halogens is 1. The van der Waals surface area contributed by atoms with Gasteiger partial charge in [0.25, 0.3) is 0 Å². The van der Waals surface area contributed by atoms with E-state index in [9.17, 15) is 5.11 Å². The number of hydrogen-bond donors (Lipinski definition) is 1. The smallest absolute Gasteiger partial charge is 0.0682 e. The minimum absolute atomic E-state index is 0.113. The highest BCUT2D eigenvalue weighted by molar-refractivity contribution is 14.1. The molecule has 3 heteroatoms. The van der Waals surface area contributed by atoms with Gasteiger partial charge in [0.15, 0.2) is 0 Å². The second-order valence-electron chi connectivity index (χ2n) is 4.09. The second kappa shape index (κ2) is 5.27. The molecule has 2 nitrogen and oxygen atoms in total. The van der Waals surface area contributed by atoms with E-state index in [2.05, 4.69) is 51.8 Å². The fraction of sp³-hybridized carbons (Fsp3) is 0.500. The van der Waals surface area contributed by atoms with Crippen molar-refractivity contribution in [2.45, 2.75) is 23.0 Å². The Morgan fingerprint density at radius 2 is 2.07 bits per heavy atom. The van der Waals surface area contributed by atoms with Crippen molar-refractivity contribution < 1.29 is 5.11 Å². The maximum Gasteiger partial charge on any atom is 0.0682 e. The van der Waals surface area contributed by atoms with E-state index in [1.807, 2.05) is 6.07 Å². The second-order valence-corrected chi connectivity index (χ2v) is 5.69. The van der Waals surface area contributed by atoms with Gasteiger partial charge < -0.3 is 5.11 Å². The molecule has 0 aromatic heterocycles. The van der Waals surface area contributed by atoms with E-state index in [0.29, 0.717) is 3.92 Å². The van der Waals surface area contributed by atoms with Crippen LogP contribution >= 0.6 is 22.6 Å². The average Bonchev–Trinajstić information content (AvgIpc) is 2.25. The van der Waals surface area contributed by atoms with Gasteiger partial charge in [-0.1, -0.05) is 52.9 Å². The van der Waals surface area contributed by atoms with E-state index < -0.39 is 0 Å². The van der Waals surface area contributed by atoms with Crippen molar-refractivity contribution in [1.29, 1.82) is 0 Å². The van der Waals surface area contributed by atoms with E-state index in [0.717, 1.165) is 26.1 Å². The average molecular weight is 317 g/mol. The van der Waals surface area contributed by atoms with Crippen molar-refractivity contribution >= 4 is 22.6 Å². The van der Waals surface area contributed by atoms with Gasteiger partial charge in [0.2, 0.25) is 0 Å². The first-order chi connectivity index (χ1) is 7.25. The van der Waals surface area contributed by atoms with Gasteiger partial charge in [-0.2, -0.15) is 0 Å². The van der Waals surface area contributed by atoms with Crippen molar-refractivity contribution in [2.24, 2.45) is 0 Å². The highest BCUT2D eigenvalue weighted by atomic mass is 127. The van der Waals surface area contributed by atoms with Crippen LogP contribution in [0, 0.1) is 0 Å². The number of aliphatic hydroxyl groups excluding tert-OH is 1. The van der Waals surface area contributed by atoms with E-state index in [1.54, 1.807) is 0 Å². The first kappa shape index (κ1) is 11.4. The molecule has 1 N–H and O–H groups in total. The molecule has 0 amide bonds. The topological polar surface area (TPSA) is 23.5 Å². The van der Waals surface area contributed by atoms with Crippen LogP contribution in [0.2, 0.25) is 0 Å². The summed E-state index contributed by atoms with van der Waals surface area (Å²) in [7, 11) is 0. The SMILES string of the molecule is O[C@H]1CCN(Cc2ccccc2)C[C@@H]1I. The van der Waals surface area contributed by atoms with Crippen LogP contribution in [0.3, 0.4) is 0 Å². The molecular formula is C12H16INO. The quantitative estimate of drug-likeness (QED) is 0.667. The third kappa shape index (κ3) is 3.16. The minimum Gasteiger partial charge on any atom is -0.392 e. The van der Waals surface area contributed by atoms with Crippen LogP contribution in [0.1, 0.15) is 12.0 Å². The molecule has 0 saturated carbocycles. The zero-order valence-corrected chi connectivity index (χ0v) is 10.8. The molecule has 1 aliphatic rings. The lowest BCUT2D eigenvalue weighted by Crippen LogP contribution is -2.43. The van der Waals surface area contributed by atoms with Gasteiger partial charge in [-0.15, -0.1) is 0 Å². The van der Waals surface area contributed by atoms with Crippen LogP contribution < -0.4 is 0 Å². The molecule has 1 fully saturated rings. The fourth-order valence-electron chi connectivity index (χ4n) is 1.94. The third-order valence-corrected chi connectivity index (χ3v) is 4.06. The van der Waals surface area contributed by atoms with Crippen molar-refractivity contribution in [3.63, 3.8) is 0 Å². The van der Waals surface area contributed by atoms with Crippen molar-refractivity contribution in [1.82, 2.24) is 4.90 Å². The van der Waals surface area contributed by atoms with E-state index in [4.69, 9.17) is 0 Å². The summed E-state index contributed by atoms with van der Waals surface area (Å²) in [4.78, 5) is 2.42. The number of aliphatic hydroxyl groups is 1. The number of benzene rings is 1. The number of piperidine rings is 1.